The highest BCUT2D eigenvalue weighted by atomic mass is 14.9. The first-order valence-electron chi connectivity index (χ1n) is 16.0. The Morgan fingerprint density at radius 1 is 1.03 bits per heavy atom. The molecule has 0 heterocycles. The van der Waals surface area contributed by atoms with Gasteiger partial charge in [0.2, 0.25) is 0 Å². The summed E-state index contributed by atoms with van der Waals surface area (Å²) in [7, 11) is 1.99. The fourth-order valence-electron chi connectivity index (χ4n) is 6.18. The van der Waals surface area contributed by atoms with Gasteiger partial charge in [-0.3, -0.25) is 0 Å². The van der Waals surface area contributed by atoms with Gasteiger partial charge >= 0.3 is 0 Å². The van der Waals surface area contributed by atoms with E-state index in [1.165, 1.54) is 98.6 Å². The van der Waals surface area contributed by atoms with Crippen LogP contribution in [-0.4, -0.2) is 19.6 Å². The van der Waals surface area contributed by atoms with E-state index in [1.807, 2.05) is 7.05 Å². The summed E-state index contributed by atoms with van der Waals surface area (Å²) in [5.74, 6) is 1.87. The molecule has 1 aliphatic rings. The van der Waals surface area contributed by atoms with Crippen molar-refractivity contribution >= 4 is 17.3 Å². The molecule has 39 heavy (non-hydrogen) atoms. The zero-order chi connectivity index (χ0) is 27.9. The Morgan fingerprint density at radius 3 is 2.56 bits per heavy atom. The lowest BCUT2D eigenvalue weighted by Crippen LogP contribution is -2.29. The van der Waals surface area contributed by atoms with Crippen LogP contribution in [0.2, 0.25) is 0 Å². The molecule has 2 aromatic carbocycles. The van der Waals surface area contributed by atoms with Crippen molar-refractivity contribution < 1.29 is 0 Å². The van der Waals surface area contributed by atoms with Gasteiger partial charge in [-0.2, -0.15) is 0 Å². The molecule has 0 spiro atoms. The summed E-state index contributed by atoms with van der Waals surface area (Å²) in [5, 5.41) is 7.20. The zero-order valence-corrected chi connectivity index (χ0v) is 25.7. The van der Waals surface area contributed by atoms with Crippen LogP contribution in [0.3, 0.4) is 0 Å². The first kappa shape index (κ1) is 31.2. The maximum Gasteiger partial charge on any atom is 0.0411 e. The van der Waals surface area contributed by atoms with Crippen molar-refractivity contribution in [2.75, 3.05) is 18.9 Å². The topological polar surface area (TPSA) is 24.1 Å². The van der Waals surface area contributed by atoms with Crippen molar-refractivity contribution in [1.82, 2.24) is 5.32 Å². The number of hydrogen-bond donors (Lipinski definition) is 2. The molecule has 2 aromatic rings. The normalized spacial score (nSPS) is 17.6. The van der Waals surface area contributed by atoms with Crippen LogP contribution < -0.4 is 10.6 Å². The van der Waals surface area contributed by atoms with Crippen LogP contribution in [-0.2, 0) is 6.42 Å². The monoisotopic (exact) mass is 528 g/mol. The molecule has 1 aliphatic carbocycles. The number of para-hydroxylation sites is 1. The summed E-state index contributed by atoms with van der Waals surface area (Å²) in [4.78, 5) is 0. The number of hydrogen-bond acceptors (Lipinski definition) is 2. The standard InChI is InChI=1S/C37H56N2/c1-6-13-36(39-25-12-16-31-21-23-33(24-22-31)26-29(3)7-2)19-11-15-32-14-10-18-34(28-32)30(4)27-35-17-8-9-20-37(35)38-5/h8-10,14,16-18,20,27-29,33,36,38-39H,6-7,11-13,15,19,21-26H2,1-5H3/b30-27+,31-16?. The van der Waals surface area contributed by atoms with Crippen molar-refractivity contribution in [2.45, 2.75) is 111 Å². The Morgan fingerprint density at radius 2 is 1.82 bits per heavy atom. The highest BCUT2D eigenvalue weighted by Gasteiger charge is 2.18. The Hall–Kier alpha value is -2.32. The van der Waals surface area contributed by atoms with Gasteiger partial charge in [-0.25, -0.2) is 0 Å². The molecule has 0 amide bonds. The number of allylic oxidation sites excluding steroid dienone is 2. The van der Waals surface area contributed by atoms with Crippen LogP contribution in [0.15, 0.2) is 60.2 Å². The Labute approximate surface area is 240 Å². The Bertz CT molecular complexity index is 1020. The molecule has 2 heteroatoms. The number of rotatable bonds is 16. The number of benzene rings is 2. The third-order valence-corrected chi connectivity index (χ3v) is 8.83. The molecule has 3 rings (SSSR count). The maximum absolute atomic E-state index is 3.90. The molecule has 2 N–H and O–H groups in total. The van der Waals surface area contributed by atoms with Crippen LogP contribution in [0, 0.1) is 11.8 Å². The van der Waals surface area contributed by atoms with Crippen LogP contribution in [0.25, 0.3) is 11.6 Å². The Balaban J connectivity index is 1.42. The van der Waals surface area contributed by atoms with E-state index in [2.05, 4.69) is 99.0 Å². The van der Waals surface area contributed by atoms with Gasteiger partial charge in [0.15, 0.2) is 0 Å². The molecule has 0 bridgehead atoms. The first-order chi connectivity index (χ1) is 19.0. The second-order valence-corrected chi connectivity index (χ2v) is 12.0. The zero-order valence-electron chi connectivity index (χ0n) is 25.7. The predicted molar refractivity (Wildman–Crippen MR) is 174 cm³/mol. The third-order valence-electron chi connectivity index (χ3n) is 8.83. The summed E-state index contributed by atoms with van der Waals surface area (Å²) >= 11 is 0. The minimum atomic E-state index is 0.641. The van der Waals surface area contributed by atoms with Gasteiger partial charge in [-0.15, -0.1) is 0 Å². The molecule has 2 unspecified atom stereocenters. The number of nitrogens with one attached hydrogen (secondary N) is 2. The van der Waals surface area contributed by atoms with Crippen LogP contribution in [0.1, 0.15) is 115 Å². The smallest absolute Gasteiger partial charge is 0.0411 e. The quantitative estimate of drug-likeness (QED) is 0.129. The highest BCUT2D eigenvalue weighted by molar-refractivity contribution is 5.84. The first-order valence-corrected chi connectivity index (χ1v) is 16.0. The Kier molecular flexibility index (Phi) is 13.9. The fraction of sp³-hybridized carbons (Fsp3) is 0.568. The van der Waals surface area contributed by atoms with Crippen LogP contribution in [0.4, 0.5) is 5.69 Å². The van der Waals surface area contributed by atoms with Gasteiger partial charge < -0.3 is 10.6 Å². The molecule has 2 nitrogen and oxygen atoms in total. The number of anilines is 1. The minimum Gasteiger partial charge on any atom is -0.388 e. The van der Waals surface area contributed by atoms with Crippen molar-refractivity contribution in [3.8, 4) is 0 Å². The summed E-state index contributed by atoms with van der Waals surface area (Å²) in [5.41, 5.74) is 8.21. The summed E-state index contributed by atoms with van der Waals surface area (Å²) in [6.07, 6.45) is 20.5. The molecule has 0 aromatic heterocycles. The SMILES string of the molecule is CCCC(CCCc1cccc(/C(C)=C/c2ccccc2NC)c1)NCCC=C1CCC(CC(C)CC)CC1. The average molecular weight is 529 g/mol. The van der Waals surface area contributed by atoms with Crippen molar-refractivity contribution in [1.29, 1.82) is 0 Å². The second kappa shape index (κ2) is 17.4. The second-order valence-electron chi connectivity index (χ2n) is 12.0. The molecule has 214 valence electrons. The van der Waals surface area contributed by atoms with Crippen LogP contribution >= 0.6 is 0 Å². The van der Waals surface area contributed by atoms with E-state index in [-0.39, 0.29) is 0 Å². The molecule has 0 saturated heterocycles. The van der Waals surface area contributed by atoms with E-state index in [0.29, 0.717) is 6.04 Å². The van der Waals surface area contributed by atoms with Crippen molar-refractivity contribution in [3.05, 3.63) is 76.9 Å². The summed E-state index contributed by atoms with van der Waals surface area (Å²) in [6.45, 7) is 10.4. The largest absolute Gasteiger partial charge is 0.388 e. The van der Waals surface area contributed by atoms with Gasteiger partial charge in [-0.1, -0.05) is 87.7 Å². The minimum absolute atomic E-state index is 0.641. The van der Waals surface area contributed by atoms with Gasteiger partial charge in [0.1, 0.15) is 0 Å². The highest BCUT2D eigenvalue weighted by Crippen LogP contribution is 2.33. The van der Waals surface area contributed by atoms with Crippen molar-refractivity contribution in [3.63, 3.8) is 0 Å². The molecule has 2 atom stereocenters. The third kappa shape index (κ3) is 11.0. The van der Waals surface area contributed by atoms with E-state index in [9.17, 15) is 0 Å². The van der Waals surface area contributed by atoms with E-state index < -0.39 is 0 Å². The molecule has 0 radical (unpaired) electrons. The lowest BCUT2D eigenvalue weighted by Gasteiger charge is -2.26. The van der Waals surface area contributed by atoms with E-state index >= 15 is 0 Å². The molecule has 1 fully saturated rings. The summed E-state index contributed by atoms with van der Waals surface area (Å²) < 4.78 is 0. The lowest BCUT2D eigenvalue weighted by molar-refractivity contribution is 0.322. The fourth-order valence-corrected chi connectivity index (χ4v) is 6.18. The van der Waals surface area contributed by atoms with Gasteiger partial charge in [0.05, 0.1) is 0 Å². The van der Waals surface area contributed by atoms with Gasteiger partial charge in [0, 0.05) is 18.8 Å². The van der Waals surface area contributed by atoms with Crippen LogP contribution in [0.5, 0.6) is 0 Å². The van der Waals surface area contributed by atoms with Crippen molar-refractivity contribution in [2.24, 2.45) is 11.8 Å². The number of aryl methyl sites for hydroxylation is 1. The summed E-state index contributed by atoms with van der Waals surface area (Å²) in [6, 6.07) is 18.3. The average Bonchev–Trinajstić information content (AvgIpc) is 2.96. The van der Waals surface area contributed by atoms with E-state index in [4.69, 9.17) is 0 Å². The molecule has 1 saturated carbocycles. The molecule has 0 aliphatic heterocycles. The lowest BCUT2D eigenvalue weighted by atomic mass is 9.80. The predicted octanol–water partition coefficient (Wildman–Crippen LogP) is 10.3. The van der Waals surface area contributed by atoms with E-state index in [0.717, 1.165) is 24.8 Å². The maximum atomic E-state index is 3.90. The van der Waals surface area contributed by atoms with Gasteiger partial charge in [-0.05, 0) is 124 Å². The van der Waals surface area contributed by atoms with E-state index in [1.54, 1.807) is 5.57 Å². The molecular weight excluding hydrogens is 472 g/mol. The molecular formula is C37H56N2. The van der Waals surface area contributed by atoms with Gasteiger partial charge in [0.25, 0.3) is 0 Å².